The van der Waals surface area contributed by atoms with Gasteiger partial charge >= 0.3 is 12.1 Å². The van der Waals surface area contributed by atoms with Gasteiger partial charge in [0.05, 0.1) is 0 Å². The van der Waals surface area contributed by atoms with Gasteiger partial charge in [-0.15, -0.1) is 0 Å². The molecular formula is C10H5BrF3N2O. The lowest BCUT2D eigenvalue weighted by molar-refractivity contribution is -0.159. The molecule has 1 aromatic heterocycles. The molecule has 2 aromatic rings. The monoisotopic (exact) mass is 305 g/mol. The SMILES string of the molecule is FC(F)(F)c1nc(Cc2c[c]cc(Br)c2)no1. The van der Waals surface area contributed by atoms with Crippen LogP contribution in [-0.4, -0.2) is 10.1 Å². The fraction of sp³-hybridized carbons (Fsp3) is 0.200. The Kier molecular flexibility index (Phi) is 3.19. The summed E-state index contributed by atoms with van der Waals surface area (Å²) in [5, 5.41) is 3.27. The van der Waals surface area contributed by atoms with Crippen LogP contribution in [0.15, 0.2) is 27.2 Å². The molecule has 0 aliphatic heterocycles. The first-order valence-electron chi connectivity index (χ1n) is 4.50. The zero-order valence-corrected chi connectivity index (χ0v) is 9.84. The standard InChI is InChI=1S/C10H5BrF3N2O/c11-7-3-1-2-6(4-7)5-8-15-9(17-16-8)10(12,13)14/h2-4H,5H2. The average Bonchev–Trinajstić information content (AvgIpc) is 2.65. The summed E-state index contributed by atoms with van der Waals surface area (Å²) in [6, 6.07) is 7.92. The highest BCUT2D eigenvalue weighted by Gasteiger charge is 2.38. The van der Waals surface area contributed by atoms with Crippen molar-refractivity contribution in [1.29, 1.82) is 0 Å². The van der Waals surface area contributed by atoms with Crippen LogP contribution < -0.4 is 0 Å². The van der Waals surface area contributed by atoms with Crippen molar-refractivity contribution in [3.05, 3.63) is 46.0 Å². The first-order chi connectivity index (χ1) is 7.95. The van der Waals surface area contributed by atoms with E-state index in [1.165, 1.54) is 0 Å². The predicted molar refractivity (Wildman–Crippen MR) is 55.1 cm³/mol. The van der Waals surface area contributed by atoms with E-state index in [2.05, 4.69) is 36.7 Å². The van der Waals surface area contributed by atoms with Gasteiger partial charge in [-0.1, -0.05) is 27.2 Å². The zero-order valence-electron chi connectivity index (χ0n) is 8.25. The third-order valence-corrected chi connectivity index (χ3v) is 2.34. The van der Waals surface area contributed by atoms with Crippen molar-refractivity contribution in [2.45, 2.75) is 12.6 Å². The van der Waals surface area contributed by atoms with Gasteiger partial charge in [0.15, 0.2) is 5.82 Å². The lowest BCUT2D eigenvalue weighted by Crippen LogP contribution is -2.05. The molecule has 0 saturated carbocycles. The molecular weight excluding hydrogens is 301 g/mol. The summed E-state index contributed by atoms with van der Waals surface area (Å²) < 4.78 is 41.5. The second-order valence-corrected chi connectivity index (χ2v) is 4.17. The van der Waals surface area contributed by atoms with E-state index in [1.54, 1.807) is 18.2 Å². The van der Waals surface area contributed by atoms with Crippen molar-refractivity contribution in [2.75, 3.05) is 0 Å². The Labute approximate surface area is 103 Å². The molecule has 0 bridgehead atoms. The first-order valence-corrected chi connectivity index (χ1v) is 5.30. The molecule has 7 heteroatoms. The van der Waals surface area contributed by atoms with Crippen LogP contribution in [0.2, 0.25) is 0 Å². The molecule has 0 amide bonds. The summed E-state index contributed by atoms with van der Waals surface area (Å²) in [6.45, 7) is 0. The molecule has 3 nitrogen and oxygen atoms in total. The van der Waals surface area contributed by atoms with Gasteiger partial charge in [-0.25, -0.2) is 0 Å². The topological polar surface area (TPSA) is 38.9 Å². The van der Waals surface area contributed by atoms with Gasteiger partial charge in [-0.2, -0.15) is 18.2 Å². The van der Waals surface area contributed by atoms with E-state index in [4.69, 9.17) is 0 Å². The summed E-state index contributed by atoms with van der Waals surface area (Å²) in [5.41, 5.74) is 0.744. The minimum atomic E-state index is -4.60. The third kappa shape index (κ3) is 3.06. The van der Waals surface area contributed by atoms with E-state index in [9.17, 15) is 13.2 Å². The van der Waals surface area contributed by atoms with Gasteiger partial charge in [0.1, 0.15) is 0 Å². The van der Waals surface area contributed by atoms with Crippen LogP contribution in [0.1, 0.15) is 17.3 Å². The van der Waals surface area contributed by atoms with E-state index in [-0.39, 0.29) is 12.2 Å². The molecule has 0 aliphatic carbocycles. The number of hydrogen-bond donors (Lipinski definition) is 0. The van der Waals surface area contributed by atoms with Gasteiger partial charge in [0, 0.05) is 10.9 Å². The largest absolute Gasteiger partial charge is 0.471 e. The lowest BCUT2D eigenvalue weighted by atomic mass is 10.1. The Morgan fingerprint density at radius 2 is 2.12 bits per heavy atom. The number of halogens is 4. The second-order valence-electron chi connectivity index (χ2n) is 3.25. The van der Waals surface area contributed by atoms with Crippen molar-refractivity contribution >= 4 is 15.9 Å². The Morgan fingerprint density at radius 3 is 2.71 bits per heavy atom. The van der Waals surface area contributed by atoms with Crippen molar-refractivity contribution < 1.29 is 17.7 Å². The van der Waals surface area contributed by atoms with E-state index < -0.39 is 12.1 Å². The van der Waals surface area contributed by atoms with Crippen molar-refractivity contribution in [1.82, 2.24) is 10.1 Å². The molecule has 0 aliphatic rings. The molecule has 0 unspecified atom stereocenters. The van der Waals surface area contributed by atoms with Crippen LogP contribution in [0.4, 0.5) is 13.2 Å². The maximum Gasteiger partial charge on any atom is 0.471 e. The van der Waals surface area contributed by atoms with Gasteiger partial charge in [-0.05, 0) is 23.8 Å². The van der Waals surface area contributed by atoms with E-state index in [0.717, 1.165) is 10.0 Å². The van der Waals surface area contributed by atoms with Crippen LogP contribution in [0, 0.1) is 6.07 Å². The highest BCUT2D eigenvalue weighted by molar-refractivity contribution is 9.10. The predicted octanol–water partition coefficient (Wildman–Crippen LogP) is 3.24. The molecule has 2 rings (SSSR count). The minimum absolute atomic E-state index is 0.0103. The molecule has 0 fully saturated rings. The molecule has 0 saturated heterocycles. The Bertz CT molecular complexity index is 524. The number of hydrogen-bond acceptors (Lipinski definition) is 3. The highest BCUT2D eigenvalue weighted by Crippen LogP contribution is 2.27. The smallest absolute Gasteiger partial charge is 0.329 e. The molecule has 1 heterocycles. The van der Waals surface area contributed by atoms with Gasteiger partial charge in [0.25, 0.3) is 0 Å². The maximum absolute atomic E-state index is 12.2. The Balaban J connectivity index is 2.17. The highest BCUT2D eigenvalue weighted by atomic mass is 79.9. The van der Waals surface area contributed by atoms with Crippen LogP contribution in [0.5, 0.6) is 0 Å². The Morgan fingerprint density at radius 1 is 1.35 bits per heavy atom. The summed E-state index contributed by atoms with van der Waals surface area (Å²) in [6.07, 6.45) is -4.44. The van der Waals surface area contributed by atoms with Crippen LogP contribution in [-0.2, 0) is 12.6 Å². The summed E-state index contributed by atoms with van der Waals surface area (Å²) in [4.78, 5) is 3.27. The van der Waals surface area contributed by atoms with Crippen molar-refractivity contribution in [3.63, 3.8) is 0 Å². The summed E-state index contributed by atoms with van der Waals surface area (Å²) >= 11 is 3.24. The quantitative estimate of drug-likeness (QED) is 0.855. The lowest BCUT2D eigenvalue weighted by Gasteiger charge is -1.97. The van der Waals surface area contributed by atoms with Crippen LogP contribution >= 0.6 is 15.9 Å². The molecule has 1 radical (unpaired) electrons. The van der Waals surface area contributed by atoms with Gasteiger partial charge in [0.2, 0.25) is 0 Å². The van der Waals surface area contributed by atoms with E-state index in [0.29, 0.717) is 0 Å². The fourth-order valence-corrected chi connectivity index (χ4v) is 1.64. The Hall–Kier alpha value is -1.37. The summed E-state index contributed by atoms with van der Waals surface area (Å²) in [7, 11) is 0. The van der Waals surface area contributed by atoms with E-state index >= 15 is 0 Å². The fourth-order valence-electron chi connectivity index (χ4n) is 1.21. The molecule has 89 valence electrons. The average molecular weight is 306 g/mol. The minimum Gasteiger partial charge on any atom is -0.329 e. The molecule has 0 spiro atoms. The van der Waals surface area contributed by atoms with Crippen LogP contribution in [0.25, 0.3) is 0 Å². The molecule has 0 N–H and O–H groups in total. The number of benzene rings is 1. The van der Waals surface area contributed by atoms with Gasteiger partial charge < -0.3 is 4.52 Å². The van der Waals surface area contributed by atoms with Crippen molar-refractivity contribution in [2.24, 2.45) is 0 Å². The number of nitrogens with zero attached hydrogens (tertiary/aromatic N) is 2. The molecule has 17 heavy (non-hydrogen) atoms. The van der Waals surface area contributed by atoms with Crippen LogP contribution in [0.3, 0.4) is 0 Å². The van der Waals surface area contributed by atoms with Gasteiger partial charge in [-0.3, -0.25) is 0 Å². The number of alkyl halides is 3. The van der Waals surface area contributed by atoms with E-state index in [1.807, 2.05) is 0 Å². The van der Waals surface area contributed by atoms with Crippen molar-refractivity contribution in [3.8, 4) is 0 Å². The first kappa shape index (κ1) is 12.1. The number of rotatable bonds is 2. The third-order valence-electron chi connectivity index (χ3n) is 1.89. The normalized spacial score (nSPS) is 11.8. The molecule has 0 atom stereocenters. The maximum atomic E-state index is 12.2. The summed E-state index contributed by atoms with van der Waals surface area (Å²) in [5.74, 6) is -1.34. The zero-order chi connectivity index (χ0) is 12.5. The number of aromatic nitrogens is 2. The molecule has 1 aromatic carbocycles. The second kappa shape index (κ2) is 4.48.